The van der Waals surface area contributed by atoms with Crippen molar-refractivity contribution in [3.05, 3.63) is 35.6 Å². The van der Waals surface area contributed by atoms with E-state index in [0.29, 0.717) is 5.56 Å². The Morgan fingerprint density at radius 1 is 1.36 bits per heavy atom. The number of halogens is 2. The van der Waals surface area contributed by atoms with E-state index in [1.165, 1.54) is 24.3 Å². The van der Waals surface area contributed by atoms with Gasteiger partial charge in [-0.15, -0.1) is 11.6 Å². The van der Waals surface area contributed by atoms with E-state index in [1.54, 1.807) is 0 Å². The summed E-state index contributed by atoms with van der Waals surface area (Å²) in [5.74, 6) is -0.179. The number of benzene rings is 1. The molecule has 0 amide bonds. The molecule has 60 valence electrons. The van der Waals surface area contributed by atoms with Crippen molar-refractivity contribution < 1.29 is 9.50 Å². The van der Waals surface area contributed by atoms with E-state index < -0.39 is 6.10 Å². The van der Waals surface area contributed by atoms with Gasteiger partial charge in [0, 0.05) is 0 Å². The maximum absolute atomic E-state index is 12.3. The summed E-state index contributed by atoms with van der Waals surface area (Å²) in [5.41, 5.74) is 0.640. The molecule has 0 aliphatic heterocycles. The van der Waals surface area contributed by atoms with Gasteiger partial charge in [-0.3, -0.25) is 0 Å². The topological polar surface area (TPSA) is 20.2 Å². The lowest BCUT2D eigenvalue weighted by Crippen LogP contribution is -1.97. The first-order valence-corrected chi connectivity index (χ1v) is 3.77. The molecule has 0 aromatic heterocycles. The molecule has 0 saturated carbocycles. The van der Waals surface area contributed by atoms with Gasteiger partial charge in [-0.2, -0.15) is 0 Å². The normalized spacial score (nSPS) is 13.0. The minimum absolute atomic E-state index is 0.131. The van der Waals surface area contributed by atoms with Crippen molar-refractivity contribution in [2.75, 3.05) is 5.88 Å². The van der Waals surface area contributed by atoms with E-state index in [0.717, 1.165) is 0 Å². The fraction of sp³-hybridized carbons (Fsp3) is 0.250. The van der Waals surface area contributed by atoms with Crippen LogP contribution in [0.4, 0.5) is 4.39 Å². The maximum Gasteiger partial charge on any atom is 0.123 e. The van der Waals surface area contributed by atoms with Crippen LogP contribution in [0.3, 0.4) is 0 Å². The Kier molecular flexibility index (Phi) is 2.85. The molecule has 1 unspecified atom stereocenters. The largest absolute Gasteiger partial charge is 0.387 e. The molecule has 1 atom stereocenters. The maximum atomic E-state index is 12.3. The Morgan fingerprint density at radius 2 is 1.91 bits per heavy atom. The quantitative estimate of drug-likeness (QED) is 0.681. The van der Waals surface area contributed by atoms with E-state index in [2.05, 4.69) is 0 Å². The van der Waals surface area contributed by atoms with Crippen LogP contribution in [0.15, 0.2) is 24.3 Å². The summed E-state index contributed by atoms with van der Waals surface area (Å²) in [5, 5.41) is 9.17. The molecule has 0 saturated heterocycles. The first-order valence-electron chi connectivity index (χ1n) is 3.23. The van der Waals surface area contributed by atoms with Gasteiger partial charge in [0.05, 0.1) is 12.0 Å². The summed E-state index contributed by atoms with van der Waals surface area (Å²) >= 11 is 5.38. The Hall–Kier alpha value is -0.600. The lowest BCUT2D eigenvalue weighted by atomic mass is 10.1. The van der Waals surface area contributed by atoms with Gasteiger partial charge < -0.3 is 5.11 Å². The number of aliphatic hydroxyl groups is 1. The zero-order valence-electron chi connectivity index (χ0n) is 5.80. The predicted molar refractivity (Wildman–Crippen MR) is 42.1 cm³/mol. The van der Waals surface area contributed by atoms with Crippen molar-refractivity contribution >= 4 is 11.6 Å². The summed E-state index contributed by atoms with van der Waals surface area (Å²) in [6.07, 6.45) is -0.697. The molecule has 1 aromatic rings. The van der Waals surface area contributed by atoms with Gasteiger partial charge >= 0.3 is 0 Å². The fourth-order valence-electron chi connectivity index (χ4n) is 0.774. The molecule has 0 spiro atoms. The van der Waals surface area contributed by atoms with Gasteiger partial charge in [-0.05, 0) is 17.7 Å². The molecule has 1 aromatic carbocycles. The smallest absolute Gasteiger partial charge is 0.123 e. The highest BCUT2D eigenvalue weighted by Gasteiger charge is 2.04. The highest BCUT2D eigenvalue weighted by Crippen LogP contribution is 2.13. The van der Waals surface area contributed by atoms with Crippen LogP contribution in [0, 0.1) is 5.82 Å². The van der Waals surface area contributed by atoms with Gasteiger partial charge in [0.2, 0.25) is 0 Å². The van der Waals surface area contributed by atoms with Crippen molar-refractivity contribution in [2.24, 2.45) is 0 Å². The Balaban J connectivity index is 2.81. The summed E-state index contributed by atoms with van der Waals surface area (Å²) in [4.78, 5) is 0. The van der Waals surface area contributed by atoms with Crippen molar-refractivity contribution in [1.29, 1.82) is 0 Å². The molecular weight excluding hydrogens is 167 g/mol. The monoisotopic (exact) mass is 174 g/mol. The molecule has 0 aliphatic carbocycles. The van der Waals surface area contributed by atoms with E-state index in [9.17, 15) is 4.39 Å². The number of rotatable bonds is 2. The van der Waals surface area contributed by atoms with Crippen molar-refractivity contribution in [2.45, 2.75) is 6.10 Å². The summed E-state index contributed by atoms with van der Waals surface area (Å²) in [7, 11) is 0. The number of aliphatic hydroxyl groups excluding tert-OH is 1. The van der Waals surface area contributed by atoms with Gasteiger partial charge in [0.25, 0.3) is 0 Å². The fourth-order valence-corrected chi connectivity index (χ4v) is 0.952. The van der Waals surface area contributed by atoms with Crippen LogP contribution in [0.5, 0.6) is 0 Å². The molecule has 1 rings (SSSR count). The zero-order chi connectivity index (χ0) is 8.27. The first-order chi connectivity index (χ1) is 5.24. The molecule has 1 nitrogen and oxygen atoms in total. The molecule has 11 heavy (non-hydrogen) atoms. The minimum atomic E-state index is -0.697. The highest BCUT2D eigenvalue weighted by molar-refractivity contribution is 6.18. The second-order valence-corrected chi connectivity index (χ2v) is 2.53. The van der Waals surface area contributed by atoms with Crippen molar-refractivity contribution in [3.63, 3.8) is 0 Å². The number of hydrogen-bond acceptors (Lipinski definition) is 1. The molecule has 0 bridgehead atoms. The summed E-state index contributed by atoms with van der Waals surface area (Å²) in [6.45, 7) is 0. The lowest BCUT2D eigenvalue weighted by molar-refractivity contribution is 0.202. The molecule has 0 aliphatic rings. The van der Waals surface area contributed by atoms with Crippen LogP contribution in [0.2, 0.25) is 0 Å². The van der Waals surface area contributed by atoms with Gasteiger partial charge in [0.15, 0.2) is 0 Å². The Bertz CT molecular complexity index is 222. The Morgan fingerprint density at radius 3 is 2.36 bits per heavy atom. The van der Waals surface area contributed by atoms with Gasteiger partial charge in [-0.1, -0.05) is 12.1 Å². The van der Waals surface area contributed by atoms with Crippen LogP contribution in [0.25, 0.3) is 0 Å². The molecular formula is C8H8ClFO. The highest BCUT2D eigenvalue weighted by atomic mass is 35.5. The van der Waals surface area contributed by atoms with E-state index >= 15 is 0 Å². The predicted octanol–water partition coefficient (Wildman–Crippen LogP) is 2.10. The van der Waals surface area contributed by atoms with Crippen LogP contribution in [-0.4, -0.2) is 11.0 Å². The van der Waals surface area contributed by atoms with E-state index in [4.69, 9.17) is 16.7 Å². The average molecular weight is 175 g/mol. The Labute approximate surface area is 69.4 Å². The average Bonchev–Trinajstić information content (AvgIpc) is 2.05. The third kappa shape index (κ3) is 2.17. The standard InChI is InChI=1S/C8H8ClFO/c9-5-8(11)6-1-3-7(10)4-2-6/h1-4,8,11H,5H2. The lowest BCUT2D eigenvalue weighted by Gasteiger charge is -2.05. The molecule has 1 N–H and O–H groups in total. The molecule has 0 heterocycles. The zero-order valence-corrected chi connectivity index (χ0v) is 6.55. The SMILES string of the molecule is OC(CCl)c1ccc(F)cc1. The number of alkyl halides is 1. The molecule has 3 heteroatoms. The second kappa shape index (κ2) is 3.69. The van der Waals surface area contributed by atoms with E-state index in [1.807, 2.05) is 0 Å². The van der Waals surface area contributed by atoms with Crippen LogP contribution >= 0.6 is 11.6 Å². The molecule has 0 radical (unpaired) electrons. The summed E-state index contributed by atoms with van der Waals surface area (Å²) < 4.78 is 12.3. The van der Waals surface area contributed by atoms with Crippen LogP contribution < -0.4 is 0 Å². The first kappa shape index (κ1) is 8.50. The van der Waals surface area contributed by atoms with Gasteiger partial charge in [-0.25, -0.2) is 4.39 Å². The van der Waals surface area contributed by atoms with Gasteiger partial charge in [0.1, 0.15) is 5.82 Å². The van der Waals surface area contributed by atoms with Crippen LogP contribution in [-0.2, 0) is 0 Å². The second-order valence-electron chi connectivity index (χ2n) is 2.22. The number of hydrogen-bond donors (Lipinski definition) is 1. The third-order valence-corrected chi connectivity index (χ3v) is 1.69. The summed E-state index contributed by atoms with van der Waals surface area (Å²) in [6, 6.07) is 5.63. The van der Waals surface area contributed by atoms with Crippen molar-refractivity contribution in [3.8, 4) is 0 Å². The minimum Gasteiger partial charge on any atom is -0.387 e. The third-order valence-electron chi connectivity index (χ3n) is 1.40. The van der Waals surface area contributed by atoms with Crippen molar-refractivity contribution in [1.82, 2.24) is 0 Å². The molecule has 0 fully saturated rings. The van der Waals surface area contributed by atoms with E-state index in [-0.39, 0.29) is 11.7 Å². The van der Waals surface area contributed by atoms with Crippen LogP contribution in [0.1, 0.15) is 11.7 Å².